The third kappa shape index (κ3) is 4.00. The Morgan fingerprint density at radius 2 is 1.67 bits per heavy atom. The molecule has 1 aliphatic carbocycles. The first-order valence-electron chi connectivity index (χ1n) is 7.93. The molecule has 0 unspecified atom stereocenters. The molecule has 0 radical (unpaired) electrons. The molecule has 0 N–H and O–H groups in total. The highest BCUT2D eigenvalue weighted by molar-refractivity contribution is 5.76. The Labute approximate surface area is 112 Å². The van der Waals surface area contributed by atoms with E-state index >= 15 is 0 Å². The van der Waals surface area contributed by atoms with Crippen LogP contribution in [0.25, 0.3) is 0 Å². The van der Waals surface area contributed by atoms with Crippen molar-refractivity contribution in [3.8, 4) is 0 Å². The van der Waals surface area contributed by atoms with Crippen molar-refractivity contribution in [2.24, 2.45) is 17.8 Å². The van der Waals surface area contributed by atoms with Crippen molar-refractivity contribution in [1.82, 2.24) is 4.90 Å². The summed E-state index contributed by atoms with van der Waals surface area (Å²) in [6, 6.07) is 0. The highest BCUT2D eigenvalue weighted by Crippen LogP contribution is 2.28. The van der Waals surface area contributed by atoms with Crippen molar-refractivity contribution in [3.05, 3.63) is 0 Å². The number of carbonyl (C=O) groups is 1. The van der Waals surface area contributed by atoms with Gasteiger partial charge in [-0.05, 0) is 30.6 Å². The third-order valence-corrected chi connectivity index (χ3v) is 4.71. The van der Waals surface area contributed by atoms with E-state index < -0.39 is 0 Å². The second kappa shape index (κ2) is 6.58. The average molecular weight is 251 g/mol. The summed E-state index contributed by atoms with van der Waals surface area (Å²) in [5.41, 5.74) is 0. The Kier molecular flexibility index (Phi) is 5.08. The number of piperidine rings is 1. The van der Waals surface area contributed by atoms with Crippen LogP contribution in [0.1, 0.15) is 65.2 Å². The maximum Gasteiger partial charge on any atom is 0.222 e. The average Bonchev–Trinajstić information content (AvgIpc) is 2.36. The lowest BCUT2D eigenvalue weighted by molar-refractivity contribution is -0.134. The van der Waals surface area contributed by atoms with Gasteiger partial charge in [-0.1, -0.05) is 46.0 Å². The molecule has 2 aliphatic rings. The molecule has 1 heterocycles. The van der Waals surface area contributed by atoms with Gasteiger partial charge < -0.3 is 4.90 Å². The second-order valence-electron chi connectivity index (χ2n) is 6.79. The van der Waals surface area contributed by atoms with Crippen LogP contribution in [-0.4, -0.2) is 23.9 Å². The zero-order chi connectivity index (χ0) is 13.0. The van der Waals surface area contributed by atoms with E-state index in [1.807, 2.05) is 0 Å². The molecule has 1 aliphatic heterocycles. The second-order valence-corrected chi connectivity index (χ2v) is 6.79. The lowest BCUT2D eigenvalue weighted by Crippen LogP contribution is -2.42. The smallest absolute Gasteiger partial charge is 0.222 e. The van der Waals surface area contributed by atoms with Crippen LogP contribution < -0.4 is 0 Å². The number of amides is 1. The highest BCUT2D eigenvalue weighted by atomic mass is 16.2. The number of carbonyl (C=O) groups excluding carboxylic acids is 1. The summed E-state index contributed by atoms with van der Waals surface area (Å²) in [6.07, 6.45) is 10.1. The van der Waals surface area contributed by atoms with Gasteiger partial charge in [0.15, 0.2) is 0 Å². The molecular weight excluding hydrogens is 222 g/mol. The SMILES string of the molecule is C[C@H]1C[C@H](C)CN(C(=O)CCC2CCCCC2)C1. The van der Waals surface area contributed by atoms with Gasteiger partial charge in [-0.3, -0.25) is 4.79 Å². The molecule has 1 saturated heterocycles. The molecule has 0 aromatic carbocycles. The molecule has 1 saturated carbocycles. The summed E-state index contributed by atoms with van der Waals surface area (Å²) >= 11 is 0. The number of hydrogen-bond donors (Lipinski definition) is 0. The minimum Gasteiger partial charge on any atom is -0.342 e. The topological polar surface area (TPSA) is 20.3 Å². The van der Waals surface area contributed by atoms with E-state index in [4.69, 9.17) is 0 Å². The molecule has 2 nitrogen and oxygen atoms in total. The Balaban J connectivity index is 1.73. The van der Waals surface area contributed by atoms with Crippen molar-refractivity contribution < 1.29 is 4.79 Å². The molecule has 0 spiro atoms. The number of hydrogen-bond acceptors (Lipinski definition) is 1. The first-order chi connectivity index (χ1) is 8.65. The molecule has 104 valence electrons. The molecular formula is C16H29NO. The Hall–Kier alpha value is -0.530. The van der Waals surface area contributed by atoms with Crippen molar-refractivity contribution in [1.29, 1.82) is 0 Å². The summed E-state index contributed by atoms with van der Waals surface area (Å²) in [7, 11) is 0. The van der Waals surface area contributed by atoms with Gasteiger partial charge in [0.25, 0.3) is 0 Å². The van der Waals surface area contributed by atoms with Crippen molar-refractivity contribution >= 4 is 5.91 Å². The Bertz CT molecular complexity index is 260. The minimum atomic E-state index is 0.416. The summed E-state index contributed by atoms with van der Waals surface area (Å²) in [4.78, 5) is 14.4. The van der Waals surface area contributed by atoms with Gasteiger partial charge in [-0.15, -0.1) is 0 Å². The maximum absolute atomic E-state index is 12.3. The van der Waals surface area contributed by atoms with Gasteiger partial charge in [0.05, 0.1) is 0 Å². The van der Waals surface area contributed by atoms with Gasteiger partial charge in [-0.25, -0.2) is 0 Å². The predicted octanol–water partition coefficient (Wildman–Crippen LogP) is 3.85. The van der Waals surface area contributed by atoms with E-state index in [0.29, 0.717) is 17.7 Å². The van der Waals surface area contributed by atoms with Gasteiger partial charge >= 0.3 is 0 Å². The zero-order valence-corrected chi connectivity index (χ0v) is 12.2. The summed E-state index contributed by atoms with van der Waals surface area (Å²) in [5, 5.41) is 0. The minimum absolute atomic E-state index is 0.416. The lowest BCUT2D eigenvalue weighted by Gasteiger charge is -2.35. The van der Waals surface area contributed by atoms with Crippen LogP contribution in [0.5, 0.6) is 0 Å². The van der Waals surface area contributed by atoms with Crippen molar-refractivity contribution in [2.45, 2.75) is 65.2 Å². The molecule has 2 fully saturated rings. The van der Waals surface area contributed by atoms with E-state index in [9.17, 15) is 4.79 Å². The fourth-order valence-corrected chi connectivity index (χ4v) is 3.83. The fraction of sp³-hybridized carbons (Fsp3) is 0.938. The van der Waals surface area contributed by atoms with Crippen molar-refractivity contribution in [2.75, 3.05) is 13.1 Å². The first-order valence-corrected chi connectivity index (χ1v) is 7.93. The van der Waals surface area contributed by atoms with E-state index in [0.717, 1.165) is 31.8 Å². The number of nitrogens with zero attached hydrogens (tertiary/aromatic N) is 1. The summed E-state index contributed by atoms with van der Waals surface area (Å²) < 4.78 is 0. The predicted molar refractivity (Wildman–Crippen MR) is 75.3 cm³/mol. The van der Waals surface area contributed by atoms with Gasteiger partial charge in [0.2, 0.25) is 5.91 Å². The van der Waals surface area contributed by atoms with Gasteiger partial charge in [0, 0.05) is 19.5 Å². The van der Waals surface area contributed by atoms with Gasteiger partial charge in [0.1, 0.15) is 0 Å². The lowest BCUT2D eigenvalue weighted by atomic mass is 9.85. The Morgan fingerprint density at radius 1 is 1.06 bits per heavy atom. The standard InChI is InChI=1S/C16H29NO/c1-13-10-14(2)12-17(11-13)16(18)9-8-15-6-4-3-5-7-15/h13-15H,3-12H2,1-2H3/t13-,14-/m0/s1. The molecule has 0 bridgehead atoms. The molecule has 2 heteroatoms. The summed E-state index contributed by atoms with van der Waals surface area (Å²) in [6.45, 7) is 6.54. The molecule has 18 heavy (non-hydrogen) atoms. The van der Waals surface area contributed by atoms with Crippen LogP contribution in [0.15, 0.2) is 0 Å². The molecule has 0 aromatic rings. The van der Waals surface area contributed by atoms with Crippen LogP contribution in [0.4, 0.5) is 0 Å². The van der Waals surface area contributed by atoms with Crippen molar-refractivity contribution in [3.63, 3.8) is 0 Å². The molecule has 2 rings (SSSR count). The number of rotatable bonds is 3. The van der Waals surface area contributed by atoms with E-state index in [2.05, 4.69) is 18.7 Å². The first kappa shape index (κ1) is 13.9. The van der Waals surface area contributed by atoms with E-state index in [1.165, 1.54) is 38.5 Å². The van der Waals surface area contributed by atoms with E-state index in [-0.39, 0.29) is 0 Å². The normalized spacial score (nSPS) is 30.4. The largest absolute Gasteiger partial charge is 0.342 e. The van der Waals surface area contributed by atoms with Gasteiger partial charge in [-0.2, -0.15) is 0 Å². The van der Waals surface area contributed by atoms with Crippen LogP contribution >= 0.6 is 0 Å². The van der Waals surface area contributed by atoms with Crippen LogP contribution in [0.3, 0.4) is 0 Å². The van der Waals surface area contributed by atoms with E-state index in [1.54, 1.807) is 0 Å². The van der Waals surface area contributed by atoms with Crippen LogP contribution in [0.2, 0.25) is 0 Å². The molecule has 1 amide bonds. The monoisotopic (exact) mass is 251 g/mol. The Morgan fingerprint density at radius 3 is 2.28 bits per heavy atom. The molecule has 2 atom stereocenters. The quantitative estimate of drug-likeness (QED) is 0.746. The van der Waals surface area contributed by atoms with Crippen LogP contribution in [0, 0.1) is 17.8 Å². The zero-order valence-electron chi connectivity index (χ0n) is 12.2. The molecule has 0 aromatic heterocycles. The maximum atomic E-state index is 12.3. The number of likely N-dealkylation sites (tertiary alicyclic amines) is 1. The summed E-state index contributed by atoms with van der Waals surface area (Å²) in [5.74, 6) is 2.63. The highest BCUT2D eigenvalue weighted by Gasteiger charge is 2.25. The third-order valence-electron chi connectivity index (χ3n) is 4.71. The van der Waals surface area contributed by atoms with Crippen LogP contribution in [-0.2, 0) is 4.79 Å². The fourth-order valence-electron chi connectivity index (χ4n) is 3.83.